The van der Waals surface area contributed by atoms with Gasteiger partial charge in [0.05, 0.1) is 12.1 Å². The lowest BCUT2D eigenvalue weighted by atomic mass is 10.0. The number of allylic oxidation sites excluding steroid dienone is 2. The summed E-state index contributed by atoms with van der Waals surface area (Å²) < 4.78 is 0. The molecule has 2 unspecified atom stereocenters. The van der Waals surface area contributed by atoms with Gasteiger partial charge in [-0.25, -0.2) is 0 Å². The SMILES string of the molecule is CCCCCCCCCCCC1C/C=C\CC/C=C\CC(CCCCCCCCCCC)N=N1. The molecule has 1 aliphatic heterocycles. The van der Waals surface area contributed by atoms with E-state index in [4.69, 9.17) is 10.2 Å². The van der Waals surface area contributed by atoms with Crippen molar-refractivity contribution >= 4 is 0 Å². The molecule has 0 spiro atoms. The molecule has 2 heteroatoms. The highest BCUT2D eigenvalue weighted by Crippen LogP contribution is 2.19. The van der Waals surface area contributed by atoms with Gasteiger partial charge in [0.25, 0.3) is 0 Å². The first kappa shape index (κ1) is 31.1. The third-order valence-corrected chi connectivity index (χ3v) is 7.32. The second kappa shape index (κ2) is 25.2. The quantitative estimate of drug-likeness (QED) is 0.124. The molecule has 34 heavy (non-hydrogen) atoms. The summed E-state index contributed by atoms with van der Waals surface area (Å²) in [5.41, 5.74) is 0. The van der Waals surface area contributed by atoms with E-state index in [1.807, 2.05) is 0 Å². The van der Waals surface area contributed by atoms with E-state index in [1.165, 1.54) is 141 Å². The molecule has 0 radical (unpaired) electrons. The van der Waals surface area contributed by atoms with Crippen LogP contribution in [0.4, 0.5) is 0 Å². The Labute approximate surface area is 214 Å². The van der Waals surface area contributed by atoms with E-state index < -0.39 is 0 Å². The standard InChI is InChI=1S/C32H60N2/c1-3-5-7-9-11-13-15-19-23-27-31-29-25-21-17-18-22-26-30-32(34-33-31)28-24-20-16-14-12-10-8-6-4-2/h21-22,25-26,31-32H,3-20,23-24,27-30H2,1-2H3/b25-21-,26-22-,34-33?. The van der Waals surface area contributed by atoms with Crippen molar-refractivity contribution in [3.63, 3.8) is 0 Å². The molecule has 0 aliphatic carbocycles. The Balaban J connectivity index is 2.29. The summed E-state index contributed by atoms with van der Waals surface area (Å²) in [6.45, 7) is 4.59. The van der Waals surface area contributed by atoms with Crippen LogP contribution in [-0.2, 0) is 0 Å². The minimum absolute atomic E-state index is 0.398. The van der Waals surface area contributed by atoms with Crippen molar-refractivity contribution in [1.82, 2.24) is 0 Å². The van der Waals surface area contributed by atoms with Crippen molar-refractivity contribution in [2.24, 2.45) is 10.2 Å². The summed E-state index contributed by atoms with van der Waals surface area (Å²) in [4.78, 5) is 0. The summed E-state index contributed by atoms with van der Waals surface area (Å²) in [7, 11) is 0. The largest absolute Gasteiger partial charge is 0.190 e. The second-order valence-corrected chi connectivity index (χ2v) is 10.8. The molecule has 2 atom stereocenters. The van der Waals surface area contributed by atoms with Gasteiger partial charge in [0.15, 0.2) is 0 Å². The smallest absolute Gasteiger partial charge is 0.0742 e. The predicted molar refractivity (Wildman–Crippen MR) is 153 cm³/mol. The van der Waals surface area contributed by atoms with Crippen LogP contribution in [0.1, 0.15) is 168 Å². The van der Waals surface area contributed by atoms with E-state index in [9.17, 15) is 0 Å². The van der Waals surface area contributed by atoms with Crippen LogP contribution >= 0.6 is 0 Å². The van der Waals surface area contributed by atoms with Gasteiger partial charge in [-0.2, -0.15) is 10.2 Å². The Bertz CT molecular complexity index is 449. The fourth-order valence-corrected chi connectivity index (χ4v) is 4.95. The predicted octanol–water partition coefficient (Wildman–Crippen LogP) is 11.7. The van der Waals surface area contributed by atoms with Gasteiger partial charge in [0.2, 0.25) is 0 Å². The van der Waals surface area contributed by atoms with E-state index in [0.717, 1.165) is 12.8 Å². The van der Waals surface area contributed by atoms with E-state index in [2.05, 4.69) is 38.2 Å². The van der Waals surface area contributed by atoms with Gasteiger partial charge < -0.3 is 0 Å². The van der Waals surface area contributed by atoms with E-state index in [1.54, 1.807) is 0 Å². The van der Waals surface area contributed by atoms with Crippen LogP contribution in [0.25, 0.3) is 0 Å². The topological polar surface area (TPSA) is 24.7 Å². The highest BCUT2D eigenvalue weighted by atomic mass is 15.1. The van der Waals surface area contributed by atoms with Crippen LogP contribution in [0.2, 0.25) is 0 Å². The van der Waals surface area contributed by atoms with Crippen molar-refractivity contribution in [2.75, 3.05) is 0 Å². The van der Waals surface area contributed by atoms with Crippen molar-refractivity contribution in [3.05, 3.63) is 24.3 Å². The molecule has 0 bridgehead atoms. The van der Waals surface area contributed by atoms with Crippen molar-refractivity contribution < 1.29 is 0 Å². The molecule has 1 aliphatic rings. The molecule has 2 nitrogen and oxygen atoms in total. The van der Waals surface area contributed by atoms with Gasteiger partial charge in [-0.1, -0.05) is 154 Å². The van der Waals surface area contributed by atoms with E-state index >= 15 is 0 Å². The van der Waals surface area contributed by atoms with Gasteiger partial charge in [-0.15, -0.1) is 0 Å². The van der Waals surface area contributed by atoms with E-state index in [-0.39, 0.29) is 0 Å². The number of rotatable bonds is 20. The maximum absolute atomic E-state index is 4.90. The Morgan fingerprint density at radius 2 is 0.765 bits per heavy atom. The fraction of sp³-hybridized carbons (Fsp3) is 0.875. The molecule has 0 aromatic rings. The fourth-order valence-electron chi connectivity index (χ4n) is 4.95. The minimum atomic E-state index is 0.398. The lowest BCUT2D eigenvalue weighted by molar-refractivity contribution is 0.480. The summed E-state index contributed by atoms with van der Waals surface area (Å²) in [6.07, 6.45) is 41.5. The monoisotopic (exact) mass is 472 g/mol. The Hall–Kier alpha value is -0.920. The van der Waals surface area contributed by atoms with Gasteiger partial charge in [-0.05, 0) is 38.5 Å². The molecule has 0 saturated heterocycles. The van der Waals surface area contributed by atoms with Crippen LogP contribution in [0, 0.1) is 0 Å². The van der Waals surface area contributed by atoms with Crippen LogP contribution in [-0.4, -0.2) is 12.1 Å². The molecule has 1 heterocycles. The molecule has 1 rings (SSSR count). The summed E-state index contributed by atoms with van der Waals surface area (Å²) in [6, 6.07) is 0.796. The van der Waals surface area contributed by atoms with Crippen molar-refractivity contribution in [2.45, 2.75) is 180 Å². The first-order chi connectivity index (χ1) is 16.9. The number of hydrogen-bond acceptors (Lipinski definition) is 2. The van der Waals surface area contributed by atoms with Crippen molar-refractivity contribution in [1.29, 1.82) is 0 Å². The van der Waals surface area contributed by atoms with Crippen LogP contribution in [0.5, 0.6) is 0 Å². The lowest BCUT2D eigenvalue weighted by Crippen LogP contribution is -2.07. The average Bonchev–Trinajstić information content (AvgIpc) is 2.84. The number of unbranched alkanes of at least 4 members (excludes halogenated alkanes) is 16. The van der Waals surface area contributed by atoms with Crippen LogP contribution in [0.3, 0.4) is 0 Å². The highest BCUT2D eigenvalue weighted by molar-refractivity contribution is 4.92. The Morgan fingerprint density at radius 1 is 0.441 bits per heavy atom. The van der Waals surface area contributed by atoms with Crippen LogP contribution in [0.15, 0.2) is 34.5 Å². The molecule has 0 aromatic heterocycles. The zero-order valence-corrected chi connectivity index (χ0v) is 23.3. The zero-order valence-electron chi connectivity index (χ0n) is 23.3. The average molecular weight is 473 g/mol. The van der Waals surface area contributed by atoms with Gasteiger partial charge in [0.1, 0.15) is 0 Å². The third kappa shape index (κ3) is 20.5. The molecule has 0 aromatic carbocycles. The maximum Gasteiger partial charge on any atom is 0.0742 e. The number of azo groups is 1. The Morgan fingerprint density at radius 3 is 1.12 bits per heavy atom. The van der Waals surface area contributed by atoms with Crippen molar-refractivity contribution in [3.8, 4) is 0 Å². The van der Waals surface area contributed by atoms with Gasteiger partial charge >= 0.3 is 0 Å². The van der Waals surface area contributed by atoms with Gasteiger partial charge in [-0.3, -0.25) is 0 Å². The Kier molecular flexibility index (Phi) is 23.0. The number of nitrogens with zero attached hydrogens (tertiary/aromatic N) is 2. The highest BCUT2D eigenvalue weighted by Gasteiger charge is 2.10. The third-order valence-electron chi connectivity index (χ3n) is 7.32. The molecule has 0 N–H and O–H groups in total. The molecule has 0 fully saturated rings. The lowest BCUT2D eigenvalue weighted by Gasteiger charge is -2.13. The van der Waals surface area contributed by atoms with Crippen LogP contribution < -0.4 is 0 Å². The molecular formula is C32H60N2. The summed E-state index contributed by atoms with van der Waals surface area (Å²) >= 11 is 0. The first-order valence-corrected chi connectivity index (χ1v) is 15.6. The molecule has 0 saturated carbocycles. The van der Waals surface area contributed by atoms with E-state index in [0.29, 0.717) is 12.1 Å². The summed E-state index contributed by atoms with van der Waals surface area (Å²) in [5, 5.41) is 9.81. The molecule has 198 valence electrons. The second-order valence-electron chi connectivity index (χ2n) is 10.8. The first-order valence-electron chi connectivity index (χ1n) is 15.6. The minimum Gasteiger partial charge on any atom is -0.190 e. The summed E-state index contributed by atoms with van der Waals surface area (Å²) in [5.74, 6) is 0. The normalized spacial score (nSPS) is 21.1. The zero-order chi connectivity index (χ0) is 24.4. The molecular weight excluding hydrogens is 412 g/mol. The van der Waals surface area contributed by atoms with Gasteiger partial charge in [0, 0.05) is 0 Å². The molecule has 0 amide bonds. The number of hydrogen-bond donors (Lipinski definition) is 0. The maximum atomic E-state index is 4.90.